The quantitative estimate of drug-likeness (QED) is 0.682. The van der Waals surface area contributed by atoms with Crippen LogP contribution in [0, 0.1) is 0 Å². The number of aromatic nitrogens is 3. The fourth-order valence-corrected chi connectivity index (χ4v) is 5.14. The van der Waals surface area contributed by atoms with Crippen molar-refractivity contribution in [3.05, 3.63) is 29.3 Å². The van der Waals surface area contributed by atoms with Gasteiger partial charge in [-0.3, -0.25) is 9.36 Å². The first-order chi connectivity index (χ1) is 14.1. The minimum Gasteiger partial charge on any atom is -0.352 e. The lowest BCUT2D eigenvalue weighted by Gasteiger charge is -2.24. The SMILES string of the molecule is CC(Sc1nnc(N2CCCC2)n1-c1cccc(Cl)c1)C(=O)NC1CCCCC1. The van der Waals surface area contributed by atoms with Crippen LogP contribution < -0.4 is 10.2 Å². The van der Waals surface area contributed by atoms with E-state index >= 15 is 0 Å². The summed E-state index contributed by atoms with van der Waals surface area (Å²) < 4.78 is 2.03. The molecule has 4 rings (SSSR count). The van der Waals surface area contributed by atoms with Crippen LogP contribution >= 0.6 is 23.4 Å². The molecule has 0 spiro atoms. The number of hydrogen-bond donors (Lipinski definition) is 1. The minimum atomic E-state index is -0.245. The molecular weight excluding hydrogens is 406 g/mol. The largest absolute Gasteiger partial charge is 0.352 e. The van der Waals surface area contributed by atoms with Gasteiger partial charge in [-0.2, -0.15) is 0 Å². The second-order valence-electron chi connectivity index (χ2n) is 7.90. The van der Waals surface area contributed by atoms with Gasteiger partial charge in [0.2, 0.25) is 11.9 Å². The van der Waals surface area contributed by atoms with Crippen LogP contribution in [0.4, 0.5) is 5.95 Å². The number of carbonyl (C=O) groups is 1. The zero-order valence-corrected chi connectivity index (χ0v) is 18.4. The molecule has 8 heteroatoms. The van der Waals surface area contributed by atoms with E-state index in [1.54, 1.807) is 0 Å². The molecule has 1 aliphatic heterocycles. The number of carbonyl (C=O) groups excluding carboxylic acids is 1. The second kappa shape index (κ2) is 9.39. The van der Waals surface area contributed by atoms with E-state index in [0.717, 1.165) is 55.6 Å². The molecule has 1 N–H and O–H groups in total. The zero-order chi connectivity index (χ0) is 20.2. The number of rotatable bonds is 6. The Morgan fingerprint density at radius 1 is 1.17 bits per heavy atom. The molecule has 29 heavy (non-hydrogen) atoms. The Hall–Kier alpha value is -1.73. The van der Waals surface area contributed by atoms with Gasteiger partial charge < -0.3 is 10.2 Å². The van der Waals surface area contributed by atoms with Crippen LogP contribution in [0.15, 0.2) is 29.4 Å². The Morgan fingerprint density at radius 3 is 2.66 bits per heavy atom. The van der Waals surface area contributed by atoms with Crippen molar-refractivity contribution in [2.75, 3.05) is 18.0 Å². The third-order valence-electron chi connectivity index (χ3n) is 5.67. The zero-order valence-electron chi connectivity index (χ0n) is 16.8. The highest BCUT2D eigenvalue weighted by Gasteiger charge is 2.26. The van der Waals surface area contributed by atoms with E-state index in [-0.39, 0.29) is 11.2 Å². The molecule has 2 heterocycles. The van der Waals surface area contributed by atoms with Crippen molar-refractivity contribution in [2.45, 2.75) is 68.3 Å². The van der Waals surface area contributed by atoms with E-state index < -0.39 is 0 Å². The van der Waals surface area contributed by atoms with Gasteiger partial charge >= 0.3 is 0 Å². The van der Waals surface area contributed by atoms with Gasteiger partial charge in [0.05, 0.1) is 10.9 Å². The van der Waals surface area contributed by atoms with E-state index in [0.29, 0.717) is 11.1 Å². The Morgan fingerprint density at radius 2 is 1.93 bits per heavy atom. The minimum absolute atomic E-state index is 0.0743. The normalized spacial score (nSPS) is 18.8. The Bertz CT molecular complexity index is 845. The average molecular weight is 434 g/mol. The molecule has 1 atom stereocenters. The summed E-state index contributed by atoms with van der Waals surface area (Å²) in [6, 6.07) is 8.02. The number of nitrogens with zero attached hydrogens (tertiary/aromatic N) is 4. The first-order valence-electron chi connectivity index (χ1n) is 10.5. The summed E-state index contributed by atoms with van der Waals surface area (Å²) in [5.74, 6) is 0.900. The van der Waals surface area contributed by atoms with Gasteiger partial charge in [0.15, 0.2) is 5.16 Å². The first kappa shape index (κ1) is 20.5. The molecule has 2 fully saturated rings. The number of benzene rings is 1. The standard InChI is InChI=1S/C21H28ClN5OS/c1-15(19(28)23-17-9-3-2-4-10-17)29-21-25-24-20(26-12-5-6-13-26)27(21)18-11-7-8-16(22)14-18/h7-8,11,14-15,17H,2-6,9-10,12-13H2,1H3,(H,23,28). The number of anilines is 1. The van der Waals surface area contributed by atoms with E-state index in [4.69, 9.17) is 11.6 Å². The lowest BCUT2D eigenvalue weighted by molar-refractivity contribution is -0.121. The Kier molecular flexibility index (Phi) is 6.65. The predicted octanol–water partition coefficient (Wildman–Crippen LogP) is 4.45. The predicted molar refractivity (Wildman–Crippen MR) is 118 cm³/mol. The molecule has 1 unspecified atom stereocenters. The number of amides is 1. The summed E-state index contributed by atoms with van der Waals surface area (Å²) >= 11 is 7.71. The van der Waals surface area contributed by atoms with Gasteiger partial charge in [-0.25, -0.2) is 0 Å². The topological polar surface area (TPSA) is 63.1 Å². The van der Waals surface area contributed by atoms with Crippen LogP contribution in [-0.4, -0.2) is 45.1 Å². The maximum absolute atomic E-state index is 12.8. The highest BCUT2D eigenvalue weighted by atomic mass is 35.5. The van der Waals surface area contributed by atoms with Crippen molar-refractivity contribution < 1.29 is 4.79 Å². The number of nitrogens with one attached hydrogen (secondary N) is 1. The summed E-state index contributed by atoms with van der Waals surface area (Å²) in [6.45, 7) is 3.89. The molecule has 2 aromatic rings. The van der Waals surface area contributed by atoms with Gasteiger partial charge in [0, 0.05) is 24.2 Å². The molecule has 1 aliphatic carbocycles. The lowest BCUT2D eigenvalue weighted by atomic mass is 9.95. The molecule has 1 saturated carbocycles. The molecular formula is C21H28ClN5OS. The molecule has 1 saturated heterocycles. The van der Waals surface area contributed by atoms with E-state index in [9.17, 15) is 4.79 Å². The van der Waals surface area contributed by atoms with Gasteiger partial charge in [0.1, 0.15) is 0 Å². The number of halogens is 1. The third kappa shape index (κ3) is 4.89. The smallest absolute Gasteiger partial charge is 0.233 e. The maximum atomic E-state index is 12.8. The van der Waals surface area contributed by atoms with Crippen LogP contribution in [0.1, 0.15) is 51.9 Å². The van der Waals surface area contributed by atoms with Crippen molar-refractivity contribution in [1.82, 2.24) is 20.1 Å². The van der Waals surface area contributed by atoms with E-state index in [1.165, 1.54) is 31.0 Å². The molecule has 2 aliphatic rings. The van der Waals surface area contributed by atoms with Crippen LogP contribution in [0.5, 0.6) is 0 Å². The van der Waals surface area contributed by atoms with Crippen molar-refractivity contribution in [1.29, 1.82) is 0 Å². The molecule has 0 bridgehead atoms. The first-order valence-corrected chi connectivity index (χ1v) is 11.8. The van der Waals surface area contributed by atoms with Gasteiger partial charge in [0.25, 0.3) is 0 Å². The Balaban J connectivity index is 1.55. The highest BCUT2D eigenvalue weighted by Crippen LogP contribution is 2.31. The van der Waals surface area contributed by atoms with Gasteiger partial charge in [-0.15, -0.1) is 10.2 Å². The van der Waals surface area contributed by atoms with E-state index in [2.05, 4.69) is 20.4 Å². The Labute approximate surface area is 181 Å². The fraction of sp³-hybridized carbons (Fsp3) is 0.571. The second-order valence-corrected chi connectivity index (χ2v) is 9.64. The molecule has 1 aromatic carbocycles. The van der Waals surface area contributed by atoms with Crippen LogP contribution in [0.25, 0.3) is 5.69 Å². The van der Waals surface area contributed by atoms with Crippen molar-refractivity contribution in [3.8, 4) is 5.69 Å². The van der Waals surface area contributed by atoms with Crippen LogP contribution in [-0.2, 0) is 4.79 Å². The third-order valence-corrected chi connectivity index (χ3v) is 6.95. The summed E-state index contributed by atoms with van der Waals surface area (Å²) in [5, 5.41) is 13.3. The van der Waals surface area contributed by atoms with Gasteiger partial charge in [-0.1, -0.05) is 48.7 Å². The summed E-state index contributed by atoms with van der Waals surface area (Å²) in [4.78, 5) is 15.0. The van der Waals surface area contributed by atoms with Crippen molar-refractivity contribution in [2.24, 2.45) is 0 Å². The maximum Gasteiger partial charge on any atom is 0.233 e. The van der Waals surface area contributed by atoms with E-state index in [1.807, 2.05) is 35.8 Å². The molecule has 1 amide bonds. The van der Waals surface area contributed by atoms with Crippen LogP contribution in [0.3, 0.4) is 0 Å². The molecule has 0 radical (unpaired) electrons. The fourth-order valence-electron chi connectivity index (χ4n) is 4.08. The summed E-state index contributed by atoms with van der Waals surface area (Å²) in [7, 11) is 0. The summed E-state index contributed by atoms with van der Waals surface area (Å²) in [6.07, 6.45) is 8.17. The molecule has 1 aromatic heterocycles. The monoisotopic (exact) mass is 433 g/mol. The molecule has 6 nitrogen and oxygen atoms in total. The van der Waals surface area contributed by atoms with Crippen molar-refractivity contribution in [3.63, 3.8) is 0 Å². The van der Waals surface area contributed by atoms with Crippen molar-refractivity contribution >= 4 is 35.2 Å². The number of thioether (sulfide) groups is 1. The average Bonchev–Trinajstić information content (AvgIpc) is 3.38. The molecule has 156 valence electrons. The van der Waals surface area contributed by atoms with Crippen LogP contribution in [0.2, 0.25) is 5.02 Å². The highest BCUT2D eigenvalue weighted by molar-refractivity contribution is 8.00. The number of hydrogen-bond acceptors (Lipinski definition) is 5. The summed E-state index contributed by atoms with van der Waals surface area (Å²) in [5.41, 5.74) is 0.923. The lowest BCUT2D eigenvalue weighted by Crippen LogP contribution is -2.40. The van der Waals surface area contributed by atoms with Gasteiger partial charge in [-0.05, 0) is 50.8 Å².